The Morgan fingerprint density at radius 1 is 1.12 bits per heavy atom. The van der Waals surface area contributed by atoms with Gasteiger partial charge < -0.3 is 19.9 Å². The predicted octanol–water partition coefficient (Wildman–Crippen LogP) is 0.750. The molecule has 2 N–H and O–H groups in total. The highest BCUT2D eigenvalue weighted by Gasteiger charge is 2.13. The van der Waals surface area contributed by atoms with Crippen molar-refractivity contribution < 1.29 is 19.0 Å². The fourth-order valence-electron chi connectivity index (χ4n) is 1.35. The van der Waals surface area contributed by atoms with E-state index in [1.165, 1.54) is 27.8 Å². The van der Waals surface area contributed by atoms with Gasteiger partial charge in [0.15, 0.2) is 11.5 Å². The summed E-state index contributed by atoms with van der Waals surface area (Å²) in [7, 11) is 4.52. The van der Waals surface area contributed by atoms with E-state index in [-0.39, 0.29) is 0 Å². The van der Waals surface area contributed by atoms with Crippen molar-refractivity contribution in [2.24, 2.45) is 5.73 Å². The van der Waals surface area contributed by atoms with E-state index in [4.69, 9.17) is 19.9 Å². The molecular formula is C11H14NO4. The Bertz CT molecular complexity index is 365. The molecule has 0 aliphatic carbocycles. The fourth-order valence-corrected chi connectivity index (χ4v) is 1.35. The van der Waals surface area contributed by atoms with Crippen LogP contribution in [0.5, 0.6) is 17.2 Å². The van der Waals surface area contributed by atoms with Crippen molar-refractivity contribution in [2.75, 3.05) is 21.3 Å². The lowest BCUT2D eigenvalue weighted by atomic mass is 10.1. The SMILES string of the molecule is COc1cc([CH]C(N)=O)cc(OC)c1OC. The molecule has 0 unspecified atom stereocenters. The van der Waals surface area contributed by atoms with Gasteiger partial charge in [0, 0.05) is 0 Å². The molecule has 16 heavy (non-hydrogen) atoms. The number of hydrogen-bond acceptors (Lipinski definition) is 4. The van der Waals surface area contributed by atoms with Crippen molar-refractivity contribution in [3.63, 3.8) is 0 Å². The summed E-state index contributed by atoms with van der Waals surface area (Å²) in [6, 6.07) is 3.29. The first-order valence-electron chi connectivity index (χ1n) is 4.56. The van der Waals surface area contributed by atoms with Crippen LogP contribution in [-0.4, -0.2) is 27.2 Å². The average Bonchev–Trinajstić information content (AvgIpc) is 2.26. The van der Waals surface area contributed by atoms with Crippen LogP contribution in [0.2, 0.25) is 0 Å². The number of ether oxygens (including phenoxy) is 3. The molecule has 0 saturated carbocycles. The number of carbonyl (C=O) groups is 1. The number of hydrogen-bond donors (Lipinski definition) is 1. The first-order chi connectivity index (χ1) is 7.62. The van der Waals surface area contributed by atoms with Gasteiger partial charge in [-0.1, -0.05) is 0 Å². The highest BCUT2D eigenvalue weighted by Crippen LogP contribution is 2.38. The number of methoxy groups -OCH3 is 3. The minimum atomic E-state index is -0.533. The lowest BCUT2D eigenvalue weighted by molar-refractivity contribution is -0.114. The van der Waals surface area contributed by atoms with E-state index in [1.807, 2.05) is 0 Å². The van der Waals surface area contributed by atoms with E-state index in [1.54, 1.807) is 12.1 Å². The summed E-state index contributed by atoms with van der Waals surface area (Å²) >= 11 is 0. The molecule has 0 heterocycles. The molecule has 0 atom stereocenters. The molecule has 1 rings (SSSR count). The van der Waals surface area contributed by atoms with Crippen molar-refractivity contribution >= 4 is 5.91 Å². The maximum Gasteiger partial charge on any atom is 0.226 e. The molecule has 87 valence electrons. The van der Waals surface area contributed by atoms with Gasteiger partial charge in [0.1, 0.15) is 0 Å². The molecule has 0 saturated heterocycles. The van der Waals surface area contributed by atoms with Gasteiger partial charge in [-0.2, -0.15) is 0 Å². The molecule has 5 nitrogen and oxygen atoms in total. The zero-order valence-corrected chi connectivity index (χ0v) is 9.44. The van der Waals surface area contributed by atoms with Gasteiger partial charge in [0.05, 0.1) is 27.8 Å². The van der Waals surface area contributed by atoms with Crippen LogP contribution in [0, 0.1) is 6.42 Å². The lowest BCUT2D eigenvalue weighted by Crippen LogP contribution is -2.11. The van der Waals surface area contributed by atoms with E-state index in [0.29, 0.717) is 22.8 Å². The lowest BCUT2D eigenvalue weighted by Gasteiger charge is -2.13. The summed E-state index contributed by atoms with van der Waals surface area (Å²) in [5.74, 6) is 0.907. The summed E-state index contributed by atoms with van der Waals surface area (Å²) in [6.07, 6.45) is 1.28. The van der Waals surface area contributed by atoms with E-state index < -0.39 is 5.91 Å². The Morgan fingerprint density at radius 3 is 1.94 bits per heavy atom. The minimum absolute atomic E-state index is 0.478. The maximum absolute atomic E-state index is 10.8. The smallest absolute Gasteiger partial charge is 0.226 e. The molecule has 0 bridgehead atoms. The quantitative estimate of drug-likeness (QED) is 0.801. The minimum Gasteiger partial charge on any atom is -0.493 e. The molecule has 5 heteroatoms. The van der Waals surface area contributed by atoms with Crippen molar-refractivity contribution in [1.82, 2.24) is 0 Å². The van der Waals surface area contributed by atoms with Gasteiger partial charge >= 0.3 is 0 Å². The number of nitrogens with two attached hydrogens (primary N) is 1. The second-order valence-corrected chi connectivity index (χ2v) is 3.01. The van der Waals surface area contributed by atoms with E-state index in [2.05, 4.69) is 0 Å². The third kappa shape index (κ3) is 2.56. The Balaban J connectivity index is 3.20. The summed E-state index contributed by atoms with van der Waals surface area (Å²) in [6.45, 7) is 0. The molecule has 0 aromatic heterocycles. The second-order valence-electron chi connectivity index (χ2n) is 3.01. The van der Waals surface area contributed by atoms with Gasteiger partial charge in [0.2, 0.25) is 11.7 Å². The zero-order valence-electron chi connectivity index (χ0n) is 9.44. The van der Waals surface area contributed by atoms with Crippen LogP contribution >= 0.6 is 0 Å². The van der Waals surface area contributed by atoms with Crippen LogP contribution in [0.15, 0.2) is 12.1 Å². The molecule has 1 aromatic rings. The average molecular weight is 224 g/mol. The summed E-state index contributed by atoms with van der Waals surface area (Å²) in [5.41, 5.74) is 5.67. The Hall–Kier alpha value is -1.91. The fraction of sp³-hybridized carbons (Fsp3) is 0.273. The van der Waals surface area contributed by atoms with Gasteiger partial charge in [-0.05, 0) is 17.7 Å². The Labute approximate surface area is 94.1 Å². The van der Waals surface area contributed by atoms with Crippen molar-refractivity contribution in [2.45, 2.75) is 0 Å². The molecule has 0 spiro atoms. The predicted molar refractivity (Wildman–Crippen MR) is 58.7 cm³/mol. The number of amides is 1. The molecular weight excluding hydrogens is 210 g/mol. The van der Waals surface area contributed by atoms with Crippen LogP contribution in [-0.2, 0) is 4.79 Å². The van der Waals surface area contributed by atoms with Crippen LogP contribution < -0.4 is 19.9 Å². The van der Waals surface area contributed by atoms with E-state index in [0.717, 1.165) is 0 Å². The normalized spacial score (nSPS) is 9.69. The monoisotopic (exact) mass is 224 g/mol. The third-order valence-corrected chi connectivity index (χ3v) is 2.00. The molecule has 1 aromatic carbocycles. The maximum atomic E-state index is 10.8. The van der Waals surface area contributed by atoms with Gasteiger partial charge in [0.25, 0.3) is 0 Å². The highest BCUT2D eigenvalue weighted by molar-refractivity contribution is 5.87. The van der Waals surface area contributed by atoms with Crippen molar-refractivity contribution in [3.8, 4) is 17.2 Å². The topological polar surface area (TPSA) is 70.8 Å². The van der Waals surface area contributed by atoms with E-state index >= 15 is 0 Å². The van der Waals surface area contributed by atoms with E-state index in [9.17, 15) is 4.79 Å². The molecule has 1 radical (unpaired) electrons. The number of carbonyl (C=O) groups excluding carboxylic acids is 1. The Morgan fingerprint density at radius 2 is 1.62 bits per heavy atom. The molecule has 0 aliphatic heterocycles. The number of benzene rings is 1. The first kappa shape index (κ1) is 12.2. The van der Waals surface area contributed by atoms with Crippen LogP contribution in [0.3, 0.4) is 0 Å². The van der Waals surface area contributed by atoms with Gasteiger partial charge in [-0.3, -0.25) is 4.79 Å². The molecule has 0 aliphatic rings. The number of rotatable bonds is 5. The summed E-state index contributed by atoms with van der Waals surface area (Å²) in [5, 5.41) is 0. The summed E-state index contributed by atoms with van der Waals surface area (Å²) < 4.78 is 15.4. The Kier molecular flexibility index (Phi) is 3.99. The number of primary amides is 1. The highest BCUT2D eigenvalue weighted by atomic mass is 16.5. The van der Waals surface area contributed by atoms with Gasteiger partial charge in [-0.25, -0.2) is 0 Å². The van der Waals surface area contributed by atoms with Crippen LogP contribution in [0.1, 0.15) is 5.56 Å². The molecule has 1 amide bonds. The van der Waals surface area contributed by atoms with Gasteiger partial charge in [-0.15, -0.1) is 0 Å². The van der Waals surface area contributed by atoms with Crippen molar-refractivity contribution in [3.05, 3.63) is 24.1 Å². The zero-order chi connectivity index (χ0) is 12.1. The molecule has 0 fully saturated rings. The van der Waals surface area contributed by atoms with Crippen LogP contribution in [0.4, 0.5) is 0 Å². The van der Waals surface area contributed by atoms with Crippen molar-refractivity contribution in [1.29, 1.82) is 0 Å². The third-order valence-electron chi connectivity index (χ3n) is 2.00. The largest absolute Gasteiger partial charge is 0.493 e. The first-order valence-corrected chi connectivity index (χ1v) is 4.56. The second kappa shape index (κ2) is 5.25. The van der Waals surface area contributed by atoms with Crippen LogP contribution in [0.25, 0.3) is 0 Å². The summed E-state index contributed by atoms with van der Waals surface area (Å²) in [4.78, 5) is 10.8. The standard InChI is InChI=1S/C11H14NO4/c1-14-8-4-7(6-10(12)13)5-9(15-2)11(8)16-3/h4-6H,1-3H3,(H2,12,13).